The van der Waals surface area contributed by atoms with E-state index in [0.29, 0.717) is 12.6 Å². The van der Waals surface area contributed by atoms with Crippen molar-refractivity contribution in [2.24, 2.45) is 0 Å². The van der Waals surface area contributed by atoms with Crippen molar-refractivity contribution in [3.8, 4) is 17.3 Å². The van der Waals surface area contributed by atoms with E-state index in [2.05, 4.69) is 173 Å². The number of anilines is 4. The summed E-state index contributed by atoms with van der Waals surface area (Å²) in [7, 11) is 0. The lowest BCUT2D eigenvalue weighted by Crippen LogP contribution is -2.27. The van der Waals surface area contributed by atoms with Crippen LogP contribution in [-0.4, -0.2) is 21.2 Å². The van der Waals surface area contributed by atoms with Crippen molar-refractivity contribution >= 4 is 44.7 Å². The molecule has 52 heavy (non-hydrogen) atoms. The van der Waals surface area contributed by atoms with E-state index in [0.717, 1.165) is 56.6 Å². The lowest BCUT2D eigenvalue weighted by molar-refractivity contribution is 0.483. The molecule has 0 saturated heterocycles. The van der Waals surface area contributed by atoms with Crippen LogP contribution in [-0.2, 0) is 10.8 Å². The first kappa shape index (κ1) is 33.5. The molecule has 4 aromatic carbocycles. The summed E-state index contributed by atoms with van der Waals surface area (Å²) in [6, 6.07) is 38.6. The molecule has 6 nitrogen and oxygen atoms in total. The summed E-state index contributed by atoms with van der Waals surface area (Å²) in [6.07, 6.45) is 3.96. The Kier molecular flexibility index (Phi) is 8.09. The Morgan fingerprint density at radius 1 is 0.635 bits per heavy atom. The predicted octanol–water partition coefficient (Wildman–Crippen LogP) is 12.3. The fraction of sp³-hybridized carbons (Fsp3) is 0.261. The minimum Gasteiger partial charge on any atom is -0.457 e. The van der Waals surface area contributed by atoms with Gasteiger partial charge in [0.25, 0.3) is 0 Å². The molecule has 0 N–H and O–H groups in total. The molecule has 1 aliphatic heterocycles. The van der Waals surface area contributed by atoms with Crippen LogP contribution in [0, 0.1) is 0 Å². The fourth-order valence-corrected chi connectivity index (χ4v) is 7.29. The fourth-order valence-electron chi connectivity index (χ4n) is 7.29. The van der Waals surface area contributed by atoms with Crippen LogP contribution < -0.4 is 14.5 Å². The van der Waals surface area contributed by atoms with Crippen molar-refractivity contribution in [1.82, 2.24) is 14.5 Å². The van der Waals surface area contributed by atoms with Crippen molar-refractivity contribution in [1.29, 1.82) is 0 Å². The van der Waals surface area contributed by atoms with Gasteiger partial charge in [-0.15, -0.1) is 0 Å². The highest BCUT2D eigenvalue weighted by atomic mass is 16.5. The van der Waals surface area contributed by atoms with Gasteiger partial charge >= 0.3 is 0 Å². The molecule has 1 aliphatic rings. The molecule has 262 valence electrons. The Hall–Kier alpha value is -5.62. The lowest BCUT2D eigenvalue weighted by Gasteiger charge is -2.29. The van der Waals surface area contributed by atoms with Crippen LogP contribution in [0.3, 0.4) is 0 Å². The van der Waals surface area contributed by atoms with Crippen molar-refractivity contribution in [2.45, 2.75) is 72.1 Å². The normalized spacial score (nSPS) is 13.4. The molecular formula is C46H47N5O. The molecule has 0 aliphatic carbocycles. The van der Waals surface area contributed by atoms with E-state index in [1.165, 1.54) is 22.1 Å². The molecule has 0 spiro atoms. The molecule has 0 bridgehead atoms. The molecule has 0 fully saturated rings. The topological polar surface area (TPSA) is 46.4 Å². The van der Waals surface area contributed by atoms with Gasteiger partial charge in [0.15, 0.2) is 0 Å². The number of pyridine rings is 2. The number of hydrogen-bond acceptors (Lipinski definition) is 5. The first-order valence-electron chi connectivity index (χ1n) is 18.3. The molecule has 6 heteroatoms. The highest BCUT2D eigenvalue weighted by Crippen LogP contribution is 2.47. The summed E-state index contributed by atoms with van der Waals surface area (Å²) in [5.41, 5.74) is 9.22. The number of ether oxygens (including phenoxy) is 1. The van der Waals surface area contributed by atoms with Crippen molar-refractivity contribution < 1.29 is 4.74 Å². The highest BCUT2D eigenvalue weighted by Gasteiger charge is 2.32. The largest absolute Gasteiger partial charge is 0.457 e. The van der Waals surface area contributed by atoms with Crippen LogP contribution in [0.1, 0.15) is 78.0 Å². The molecule has 4 heterocycles. The maximum Gasteiger partial charge on any atom is 0.138 e. The van der Waals surface area contributed by atoms with Gasteiger partial charge in [-0.25, -0.2) is 9.97 Å². The van der Waals surface area contributed by atoms with Crippen LogP contribution in [0.5, 0.6) is 11.5 Å². The quantitative estimate of drug-likeness (QED) is 0.174. The van der Waals surface area contributed by atoms with Gasteiger partial charge in [0, 0.05) is 46.5 Å². The van der Waals surface area contributed by atoms with Gasteiger partial charge < -0.3 is 14.5 Å². The van der Waals surface area contributed by atoms with E-state index < -0.39 is 0 Å². The third kappa shape index (κ3) is 5.96. The van der Waals surface area contributed by atoms with Gasteiger partial charge in [-0.05, 0) is 88.5 Å². The van der Waals surface area contributed by atoms with Crippen LogP contribution >= 0.6 is 0 Å². The first-order valence-corrected chi connectivity index (χ1v) is 18.3. The molecular weight excluding hydrogens is 639 g/mol. The number of fused-ring (bicyclic) bond motifs is 4. The zero-order chi connectivity index (χ0) is 36.4. The van der Waals surface area contributed by atoms with Gasteiger partial charge in [0.1, 0.15) is 29.8 Å². The van der Waals surface area contributed by atoms with E-state index in [4.69, 9.17) is 14.7 Å². The Morgan fingerprint density at radius 2 is 1.35 bits per heavy atom. The summed E-state index contributed by atoms with van der Waals surface area (Å²) in [4.78, 5) is 14.7. The Balaban J connectivity index is 1.15. The second-order valence-corrected chi connectivity index (χ2v) is 16.3. The Morgan fingerprint density at radius 3 is 2.10 bits per heavy atom. The average molecular weight is 686 g/mol. The minimum absolute atomic E-state index is 0.00635. The molecule has 3 aromatic heterocycles. The number of benzene rings is 4. The van der Waals surface area contributed by atoms with E-state index in [1.54, 1.807) is 0 Å². The molecule has 0 atom stereocenters. The second-order valence-electron chi connectivity index (χ2n) is 16.3. The molecule has 8 rings (SSSR count). The predicted molar refractivity (Wildman–Crippen MR) is 216 cm³/mol. The monoisotopic (exact) mass is 685 g/mol. The number of aromatic nitrogens is 3. The summed E-state index contributed by atoms with van der Waals surface area (Å²) in [6.45, 7) is 18.6. The van der Waals surface area contributed by atoms with Gasteiger partial charge in [-0.1, -0.05) is 91.8 Å². The van der Waals surface area contributed by atoms with Gasteiger partial charge in [-0.3, -0.25) is 4.57 Å². The van der Waals surface area contributed by atoms with E-state index in [1.807, 2.05) is 18.5 Å². The zero-order valence-electron chi connectivity index (χ0n) is 31.5. The summed E-state index contributed by atoms with van der Waals surface area (Å²) in [5.74, 6) is 3.86. The maximum absolute atomic E-state index is 6.66. The summed E-state index contributed by atoms with van der Waals surface area (Å²) < 4.78 is 8.92. The molecule has 7 aromatic rings. The van der Waals surface area contributed by atoms with Crippen molar-refractivity contribution in [3.05, 3.63) is 138 Å². The highest BCUT2D eigenvalue weighted by molar-refractivity contribution is 6.09. The third-order valence-electron chi connectivity index (χ3n) is 10.2. The number of hydrogen-bond donors (Lipinski definition) is 0. The summed E-state index contributed by atoms with van der Waals surface area (Å²) >= 11 is 0. The SMILES string of the molecule is CC(C)c1cnc(N2CN(c3cccc(Oc4ccc5c6ccccc6n(-c6cc(C(C)(C)C)ccn6)c5c4)c3)c3ccccc32)c(C(C)(C)C)c1. The van der Waals surface area contributed by atoms with E-state index >= 15 is 0 Å². The molecule has 0 amide bonds. The Bertz CT molecular complexity index is 2450. The van der Waals surface area contributed by atoms with Crippen LogP contribution in [0.15, 0.2) is 122 Å². The number of rotatable bonds is 6. The molecule has 0 saturated carbocycles. The lowest BCUT2D eigenvalue weighted by atomic mass is 9.85. The van der Waals surface area contributed by atoms with E-state index in [-0.39, 0.29) is 10.8 Å². The summed E-state index contributed by atoms with van der Waals surface area (Å²) in [5, 5.41) is 2.35. The average Bonchev–Trinajstić information content (AvgIpc) is 3.67. The van der Waals surface area contributed by atoms with Crippen molar-refractivity contribution in [3.63, 3.8) is 0 Å². The standard InChI is InChI=1S/C46H47N5O/c1-30(2)31-24-38(46(6,7)8)44(48-28-31)50-29-49(40-18-11-12-19-41(40)50)33-14-13-15-34(26-33)52-35-20-21-37-36-16-9-10-17-39(36)51(42(37)27-35)43-25-32(22-23-47-43)45(3,4)5/h9-28,30H,29H2,1-8H3. The third-order valence-corrected chi connectivity index (χ3v) is 10.2. The maximum atomic E-state index is 6.66. The molecule has 0 radical (unpaired) electrons. The second kappa shape index (κ2) is 12.6. The van der Waals surface area contributed by atoms with Crippen LogP contribution in [0.25, 0.3) is 27.6 Å². The number of nitrogens with zero attached hydrogens (tertiary/aromatic N) is 5. The number of para-hydroxylation sites is 3. The smallest absolute Gasteiger partial charge is 0.138 e. The zero-order valence-corrected chi connectivity index (χ0v) is 31.5. The van der Waals surface area contributed by atoms with Gasteiger partial charge in [0.2, 0.25) is 0 Å². The van der Waals surface area contributed by atoms with Crippen LogP contribution in [0.4, 0.5) is 22.9 Å². The minimum atomic E-state index is -0.0678. The first-order chi connectivity index (χ1) is 24.9. The van der Waals surface area contributed by atoms with Gasteiger partial charge in [0.05, 0.1) is 22.4 Å². The van der Waals surface area contributed by atoms with Gasteiger partial charge in [-0.2, -0.15) is 0 Å². The van der Waals surface area contributed by atoms with E-state index in [9.17, 15) is 0 Å². The van der Waals surface area contributed by atoms with Crippen molar-refractivity contribution in [2.75, 3.05) is 16.5 Å². The van der Waals surface area contributed by atoms with Crippen LogP contribution in [0.2, 0.25) is 0 Å². The molecule has 0 unspecified atom stereocenters. The Labute approximate surface area is 307 Å².